The molecular formula is C16H13N3O4. The number of nitrogens with one attached hydrogen (secondary N) is 1. The van der Waals surface area contributed by atoms with Crippen molar-refractivity contribution in [2.45, 2.75) is 6.10 Å². The predicted molar refractivity (Wildman–Crippen MR) is 81.5 cm³/mol. The average Bonchev–Trinajstić information content (AvgIpc) is 2.59. The Morgan fingerprint density at radius 3 is 2.61 bits per heavy atom. The second kappa shape index (κ2) is 7.15. The Morgan fingerprint density at radius 1 is 1.30 bits per heavy atom. The van der Waals surface area contributed by atoms with Crippen LogP contribution in [0.15, 0.2) is 48.5 Å². The van der Waals surface area contributed by atoms with E-state index in [4.69, 9.17) is 5.26 Å². The summed E-state index contributed by atoms with van der Waals surface area (Å²) in [4.78, 5) is 22.0. The van der Waals surface area contributed by atoms with E-state index < -0.39 is 16.9 Å². The Labute approximate surface area is 131 Å². The summed E-state index contributed by atoms with van der Waals surface area (Å²) < 4.78 is 0. The summed E-state index contributed by atoms with van der Waals surface area (Å²) in [5.41, 5.74) is 1.08. The zero-order valence-electron chi connectivity index (χ0n) is 12.0. The van der Waals surface area contributed by atoms with Crippen molar-refractivity contribution in [3.8, 4) is 6.07 Å². The number of non-ortho nitro benzene ring substituents is 1. The number of nitrogens with zero attached hydrogens (tertiary/aromatic N) is 2. The maximum atomic E-state index is 12.0. The van der Waals surface area contributed by atoms with E-state index in [1.165, 1.54) is 30.3 Å². The molecule has 0 saturated carbocycles. The molecule has 2 aromatic rings. The van der Waals surface area contributed by atoms with E-state index in [1.807, 2.05) is 6.07 Å². The molecule has 0 aliphatic rings. The molecule has 0 fully saturated rings. The van der Waals surface area contributed by atoms with E-state index in [0.29, 0.717) is 16.7 Å². The van der Waals surface area contributed by atoms with Gasteiger partial charge in [0.15, 0.2) is 0 Å². The number of carbonyl (C=O) groups excluding carboxylic acids is 1. The summed E-state index contributed by atoms with van der Waals surface area (Å²) >= 11 is 0. The Bertz CT molecular complexity index is 766. The van der Waals surface area contributed by atoms with E-state index in [-0.39, 0.29) is 12.2 Å². The van der Waals surface area contributed by atoms with Crippen molar-refractivity contribution in [1.82, 2.24) is 5.32 Å². The third kappa shape index (κ3) is 4.12. The number of carbonyl (C=O) groups is 1. The maximum absolute atomic E-state index is 12.0. The van der Waals surface area contributed by atoms with E-state index in [9.17, 15) is 20.0 Å². The van der Waals surface area contributed by atoms with Crippen molar-refractivity contribution in [2.75, 3.05) is 6.54 Å². The van der Waals surface area contributed by atoms with Gasteiger partial charge in [-0.3, -0.25) is 14.9 Å². The normalized spacial score (nSPS) is 11.3. The number of benzene rings is 2. The number of hydrogen-bond donors (Lipinski definition) is 2. The average molecular weight is 311 g/mol. The highest BCUT2D eigenvalue weighted by Gasteiger charge is 2.13. The summed E-state index contributed by atoms with van der Waals surface area (Å²) in [6, 6.07) is 13.6. The molecule has 0 spiro atoms. The van der Waals surface area contributed by atoms with Gasteiger partial charge in [-0.25, -0.2) is 0 Å². The fraction of sp³-hybridized carbons (Fsp3) is 0.125. The lowest BCUT2D eigenvalue weighted by atomic mass is 10.1. The summed E-state index contributed by atoms with van der Waals surface area (Å²) in [5.74, 6) is -0.414. The molecule has 7 heteroatoms. The van der Waals surface area contributed by atoms with Crippen LogP contribution in [0.25, 0.3) is 0 Å². The van der Waals surface area contributed by atoms with Crippen molar-refractivity contribution >= 4 is 11.6 Å². The standard InChI is InChI=1S/C16H13N3O4/c17-9-11-2-1-3-13(8-11)16(21)18-10-15(20)12-4-6-14(7-5-12)19(22)23/h1-8,15,20H,10H2,(H,18,21)/t15-/m0/s1. The van der Waals surface area contributed by atoms with Crippen LogP contribution in [0.2, 0.25) is 0 Å². The van der Waals surface area contributed by atoms with E-state index in [0.717, 1.165) is 0 Å². The highest BCUT2D eigenvalue weighted by Crippen LogP contribution is 2.17. The van der Waals surface area contributed by atoms with Crippen molar-refractivity contribution in [3.63, 3.8) is 0 Å². The van der Waals surface area contributed by atoms with E-state index in [1.54, 1.807) is 18.2 Å². The van der Waals surface area contributed by atoms with Crippen LogP contribution in [-0.4, -0.2) is 22.5 Å². The quantitative estimate of drug-likeness (QED) is 0.646. The Kier molecular flexibility index (Phi) is 5.02. The number of nitro benzene ring substituents is 1. The molecule has 116 valence electrons. The molecule has 0 aliphatic carbocycles. The first-order chi connectivity index (χ1) is 11.0. The molecule has 0 radical (unpaired) electrons. The molecule has 0 aromatic heterocycles. The first-order valence-electron chi connectivity index (χ1n) is 6.72. The zero-order valence-corrected chi connectivity index (χ0v) is 12.0. The second-order valence-corrected chi connectivity index (χ2v) is 4.77. The van der Waals surface area contributed by atoms with Crippen molar-refractivity contribution in [2.24, 2.45) is 0 Å². The van der Waals surface area contributed by atoms with Crippen LogP contribution in [-0.2, 0) is 0 Å². The Balaban J connectivity index is 1.98. The third-order valence-electron chi connectivity index (χ3n) is 3.20. The third-order valence-corrected chi connectivity index (χ3v) is 3.20. The zero-order chi connectivity index (χ0) is 16.8. The first-order valence-corrected chi connectivity index (χ1v) is 6.72. The molecular weight excluding hydrogens is 298 g/mol. The van der Waals surface area contributed by atoms with Crippen LogP contribution in [0.4, 0.5) is 5.69 Å². The molecule has 0 heterocycles. The Morgan fingerprint density at radius 2 is 2.00 bits per heavy atom. The van der Waals surface area contributed by atoms with Crippen LogP contribution in [0.3, 0.4) is 0 Å². The van der Waals surface area contributed by atoms with E-state index >= 15 is 0 Å². The maximum Gasteiger partial charge on any atom is 0.269 e. The lowest BCUT2D eigenvalue weighted by molar-refractivity contribution is -0.384. The molecule has 23 heavy (non-hydrogen) atoms. The lowest BCUT2D eigenvalue weighted by Gasteiger charge is -2.12. The van der Waals surface area contributed by atoms with Gasteiger partial charge in [-0.1, -0.05) is 6.07 Å². The molecule has 2 aromatic carbocycles. The fourth-order valence-corrected chi connectivity index (χ4v) is 1.96. The van der Waals surface area contributed by atoms with Gasteiger partial charge in [0, 0.05) is 24.2 Å². The molecule has 0 bridgehead atoms. The van der Waals surface area contributed by atoms with Crippen LogP contribution in [0, 0.1) is 21.4 Å². The molecule has 2 N–H and O–H groups in total. The van der Waals surface area contributed by atoms with Gasteiger partial charge in [-0.2, -0.15) is 5.26 Å². The SMILES string of the molecule is N#Cc1cccc(C(=O)NC[C@H](O)c2ccc([N+](=O)[O-])cc2)c1. The van der Waals surface area contributed by atoms with E-state index in [2.05, 4.69) is 5.32 Å². The Hall–Kier alpha value is -3.24. The first kappa shape index (κ1) is 16.1. The number of nitro groups is 1. The topological polar surface area (TPSA) is 116 Å². The number of hydrogen-bond acceptors (Lipinski definition) is 5. The van der Waals surface area contributed by atoms with Crippen molar-refractivity contribution in [3.05, 3.63) is 75.3 Å². The number of nitriles is 1. The summed E-state index contributed by atoms with van der Waals surface area (Å²) in [7, 11) is 0. The monoisotopic (exact) mass is 311 g/mol. The minimum absolute atomic E-state index is 0.0482. The number of aliphatic hydroxyl groups excluding tert-OH is 1. The lowest BCUT2D eigenvalue weighted by Crippen LogP contribution is -2.28. The van der Waals surface area contributed by atoms with Crippen LogP contribution in [0.1, 0.15) is 27.6 Å². The van der Waals surface area contributed by atoms with Gasteiger partial charge in [0.25, 0.3) is 11.6 Å². The van der Waals surface area contributed by atoms with Crippen LogP contribution in [0.5, 0.6) is 0 Å². The highest BCUT2D eigenvalue weighted by atomic mass is 16.6. The van der Waals surface area contributed by atoms with Gasteiger partial charge in [0.2, 0.25) is 0 Å². The molecule has 0 unspecified atom stereocenters. The highest BCUT2D eigenvalue weighted by molar-refractivity contribution is 5.94. The minimum atomic E-state index is -0.987. The number of aliphatic hydroxyl groups is 1. The molecule has 0 aliphatic heterocycles. The number of rotatable bonds is 5. The minimum Gasteiger partial charge on any atom is -0.387 e. The summed E-state index contributed by atoms with van der Waals surface area (Å²) in [6.45, 7) is -0.0482. The van der Waals surface area contributed by atoms with Crippen LogP contribution >= 0.6 is 0 Å². The fourth-order valence-electron chi connectivity index (χ4n) is 1.96. The van der Waals surface area contributed by atoms with Gasteiger partial charge in [-0.15, -0.1) is 0 Å². The molecule has 1 atom stereocenters. The summed E-state index contributed by atoms with van der Waals surface area (Å²) in [6.07, 6.45) is -0.987. The largest absolute Gasteiger partial charge is 0.387 e. The summed E-state index contributed by atoms with van der Waals surface area (Å²) in [5, 5.41) is 31.9. The van der Waals surface area contributed by atoms with Gasteiger partial charge in [0.1, 0.15) is 0 Å². The second-order valence-electron chi connectivity index (χ2n) is 4.77. The van der Waals surface area contributed by atoms with Gasteiger partial charge in [0.05, 0.1) is 22.7 Å². The van der Waals surface area contributed by atoms with Gasteiger partial charge >= 0.3 is 0 Å². The van der Waals surface area contributed by atoms with Crippen molar-refractivity contribution < 1.29 is 14.8 Å². The van der Waals surface area contributed by atoms with Gasteiger partial charge < -0.3 is 10.4 Å². The molecule has 1 amide bonds. The van der Waals surface area contributed by atoms with Crippen molar-refractivity contribution in [1.29, 1.82) is 5.26 Å². The molecule has 7 nitrogen and oxygen atoms in total. The van der Waals surface area contributed by atoms with Crippen LogP contribution < -0.4 is 5.32 Å². The number of amides is 1. The molecule has 0 saturated heterocycles. The smallest absolute Gasteiger partial charge is 0.269 e. The molecule has 2 rings (SSSR count). The van der Waals surface area contributed by atoms with Gasteiger partial charge in [-0.05, 0) is 35.9 Å². The predicted octanol–water partition coefficient (Wildman–Crippen LogP) is 1.93.